The smallest absolute Gasteiger partial charge is 0.440 e. The number of hydrogen-bond acceptors (Lipinski definition) is 9. The maximum absolute atomic E-state index is 12.3. The molecule has 2 unspecified atom stereocenters. The molecule has 178 valence electrons. The molecule has 0 bridgehead atoms. The van der Waals surface area contributed by atoms with Gasteiger partial charge >= 0.3 is 17.8 Å². The number of aliphatic carboxylic acids is 1. The number of carbonyl (C=O) groups excluding carboxylic acids is 1. The van der Waals surface area contributed by atoms with Crippen LogP contribution in [0, 0.1) is 5.92 Å². The molecule has 4 heterocycles. The van der Waals surface area contributed by atoms with E-state index in [9.17, 15) is 14.4 Å². The van der Waals surface area contributed by atoms with Crippen LogP contribution in [0.25, 0.3) is 0 Å². The monoisotopic (exact) mass is 452 g/mol. The number of H-pyrrole nitrogens is 1. The minimum absolute atomic E-state index is 0.0120. The van der Waals surface area contributed by atoms with E-state index in [1.165, 1.54) is 0 Å². The molecule has 3 saturated heterocycles. The Morgan fingerprint density at radius 3 is 2.47 bits per heavy atom. The average Bonchev–Trinajstić information content (AvgIpc) is 3.35. The standard InChI is InChI=1S/C20H32N6O6/c1-23-15(3-2-14-4-8-26(9-5-14)18-21-19(29)32-22-18)17(31-20(23)30)25-12-10-24(11-13-25)7-6-16(27)28/h14-15,17H,2-13H2,1H3,(H,27,28)(H,21,22,29). The Hall–Kier alpha value is -2.60. The highest BCUT2D eigenvalue weighted by molar-refractivity contribution is 5.70. The highest BCUT2D eigenvalue weighted by Crippen LogP contribution is 2.30. The van der Waals surface area contributed by atoms with Gasteiger partial charge < -0.3 is 24.5 Å². The molecule has 2 N–H and O–H groups in total. The number of amides is 1. The average molecular weight is 453 g/mol. The van der Waals surface area contributed by atoms with E-state index in [1.807, 2.05) is 4.90 Å². The Bertz CT molecular complexity index is 842. The zero-order chi connectivity index (χ0) is 22.7. The number of nitrogens with one attached hydrogen (secondary N) is 1. The molecule has 4 rings (SSSR count). The third-order valence-corrected chi connectivity index (χ3v) is 6.96. The second-order valence-electron chi connectivity index (χ2n) is 8.90. The topological polar surface area (TPSA) is 135 Å². The van der Waals surface area contributed by atoms with Gasteiger partial charge in [-0.15, -0.1) is 0 Å². The number of carboxylic acid groups (broad SMARTS) is 1. The van der Waals surface area contributed by atoms with E-state index in [2.05, 4.69) is 24.5 Å². The molecule has 1 aromatic rings. The number of anilines is 1. The van der Waals surface area contributed by atoms with Crippen LogP contribution in [0.3, 0.4) is 0 Å². The van der Waals surface area contributed by atoms with Crippen LogP contribution in [-0.4, -0.2) is 107 Å². The number of likely N-dealkylation sites (N-methyl/N-ethyl adjacent to an activating group) is 1. The van der Waals surface area contributed by atoms with Crippen molar-refractivity contribution in [3.8, 4) is 0 Å². The fraction of sp³-hybridized carbons (Fsp3) is 0.800. The lowest BCUT2D eigenvalue weighted by atomic mass is 9.90. The Morgan fingerprint density at radius 1 is 1.12 bits per heavy atom. The number of piperidine rings is 1. The Kier molecular flexibility index (Phi) is 6.99. The highest BCUT2D eigenvalue weighted by Gasteiger charge is 2.43. The van der Waals surface area contributed by atoms with Gasteiger partial charge in [-0.2, -0.15) is 0 Å². The zero-order valence-corrected chi connectivity index (χ0v) is 18.4. The van der Waals surface area contributed by atoms with Gasteiger partial charge in [0.1, 0.15) is 0 Å². The van der Waals surface area contributed by atoms with Gasteiger partial charge in [-0.25, -0.2) is 9.59 Å². The molecule has 0 spiro atoms. The summed E-state index contributed by atoms with van der Waals surface area (Å²) >= 11 is 0. The molecule has 12 heteroatoms. The van der Waals surface area contributed by atoms with Crippen molar-refractivity contribution in [3.05, 3.63) is 10.6 Å². The Balaban J connectivity index is 1.25. The zero-order valence-electron chi connectivity index (χ0n) is 18.4. The summed E-state index contributed by atoms with van der Waals surface area (Å²) in [4.78, 5) is 45.0. The first-order valence-corrected chi connectivity index (χ1v) is 11.3. The summed E-state index contributed by atoms with van der Waals surface area (Å²) in [5.41, 5.74) is 0. The molecule has 0 aromatic carbocycles. The van der Waals surface area contributed by atoms with E-state index in [4.69, 9.17) is 9.84 Å². The largest absolute Gasteiger partial charge is 0.481 e. The Morgan fingerprint density at radius 2 is 1.84 bits per heavy atom. The summed E-state index contributed by atoms with van der Waals surface area (Å²) in [6.07, 6.45) is 3.48. The maximum Gasteiger partial charge on any atom is 0.440 e. The van der Waals surface area contributed by atoms with Crippen molar-refractivity contribution in [2.45, 2.75) is 44.4 Å². The van der Waals surface area contributed by atoms with E-state index in [1.54, 1.807) is 11.9 Å². The van der Waals surface area contributed by atoms with E-state index < -0.39 is 11.7 Å². The van der Waals surface area contributed by atoms with Crippen molar-refractivity contribution < 1.29 is 24.0 Å². The summed E-state index contributed by atoms with van der Waals surface area (Å²) in [5.74, 6) is -0.281. The van der Waals surface area contributed by atoms with Crippen molar-refractivity contribution in [2.75, 3.05) is 57.8 Å². The van der Waals surface area contributed by atoms with Crippen LogP contribution in [-0.2, 0) is 9.53 Å². The van der Waals surface area contributed by atoms with Crippen molar-refractivity contribution in [1.82, 2.24) is 24.8 Å². The second-order valence-corrected chi connectivity index (χ2v) is 8.90. The highest BCUT2D eigenvalue weighted by atomic mass is 16.6. The summed E-state index contributed by atoms with van der Waals surface area (Å²) in [7, 11) is 1.81. The van der Waals surface area contributed by atoms with Gasteiger partial charge in [0.2, 0.25) is 5.95 Å². The number of carboxylic acids is 1. The predicted molar refractivity (Wildman–Crippen MR) is 113 cm³/mol. The minimum Gasteiger partial charge on any atom is -0.481 e. The molecule has 0 aliphatic carbocycles. The molecule has 12 nitrogen and oxygen atoms in total. The fourth-order valence-corrected chi connectivity index (χ4v) is 4.94. The number of piperazine rings is 1. The van der Waals surface area contributed by atoms with Crippen LogP contribution >= 0.6 is 0 Å². The van der Waals surface area contributed by atoms with Crippen LogP contribution in [0.5, 0.6) is 0 Å². The summed E-state index contributed by atoms with van der Waals surface area (Å²) in [5, 5.41) is 12.6. The van der Waals surface area contributed by atoms with E-state index in [0.717, 1.165) is 65.0 Å². The lowest BCUT2D eigenvalue weighted by Crippen LogP contribution is -2.54. The van der Waals surface area contributed by atoms with Crippen LogP contribution in [0.15, 0.2) is 9.32 Å². The lowest BCUT2D eigenvalue weighted by Gasteiger charge is -2.39. The summed E-state index contributed by atoms with van der Waals surface area (Å²) < 4.78 is 10.3. The van der Waals surface area contributed by atoms with Gasteiger partial charge in [0.25, 0.3) is 0 Å². The molecule has 3 aliphatic heterocycles. The lowest BCUT2D eigenvalue weighted by molar-refractivity contribution is -0.137. The number of aromatic nitrogens is 2. The second kappa shape index (κ2) is 9.90. The van der Waals surface area contributed by atoms with Crippen molar-refractivity contribution >= 4 is 18.0 Å². The van der Waals surface area contributed by atoms with E-state index >= 15 is 0 Å². The third kappa shape index (κ3) is 5.23. The molecule has 2 atom stereocenters. The van der Waals surface area contributed by atoms with Crippen LogP contribution < -0.4 is 10.7 Å². The number of nitrogens with zero attached hydrogens (tertiary/aromatic N) is 5. The van der Waals surface area contributed by atoms with Gasteiger partial charge in [0.05, 0.1) is 12.5 Å². The minimum atomic E-state index is -0.779. The molecule has 32 heavy (non-hydrogen) atoms. The van der Waals surface area contributed by atoms with Gasteiger partial charge in [0, 0.05) is 52.9 Å². The number of cyclic esters (lactones) is 1. The molecule has 1 aromatic heterocycles. The molecule has 3 fully saturated rings. The molecule has 0 saturated carbocycles. The van der Waals surface area contributed by atoms with Crippen LogP contribution in [0.2, 0.25) is 0 Å². The molecular weight excluding hydrogens is 420 g/mol. The predicted octanol–water partition coefficient (Wildman–Crippen LogP) is 0.229. The molecule has 3 aliphatic rings. The van der Waals surface area contributed by atoms with Gasteiger partial charge in [-0.05, 0) is 36.8 Å². The first kappa shape index (κ1) is 22.6. The first-order chi connectivity index (χ1) is 15.4. The van der Waals surface area contributed by atoms with Crippen molar-refractivity contribution in [1.29, 1.82) is 0 Å². The van der Waals surface area contributed by atoms with E-state index in [-0.39, 0.29) is 24.8 Å². The number of carbonyl (C=O) groups is 2. The van der Waals surface area contributed by atoms with Crippen molar-refractivity contribution in [2.24, 2.45) is 5.92 Å². The normalized spacial score (nSPS) is 26.0. The number of hydrogen-bond donors (Lipinski definition) is 2. The quantitative estimate of drug-likeness (QED) is 0.564. The number of rotatable bonds is 8. The number of ether oxygens (including phenoxy) is 1. The van der Waals surface area contributed by atoms with Gasteiger partial charge in [-0.1, -0.05) is 0 Å². The SMILES string of the molecule is CN1C(=O)OC(N2CCN(CCC(=O)O)CC2)C1CCC1CCN(c2noc(=O)[nH]2)CC1. The molecular formula is C20H32N6O6. The van der Waals surface area contributed by atoms with Crippen molar-refractivity contribution in [3.63, 3.8) is 0 Å². The molecule has 0 radical (unpaired) electrons. The summed E-state index contributed by atoms with van der Waals surface area (Å²) in [6.45, 7) is 5.25. The van der Waals surface area contributed by atoms with Gasteiger partial charge in [-0.3, -0.25) is 19.2 Å². The maximum atomic E-state index is 12.3. The van der Waals surface area contributed by atoms with Gasteiger partial charge in [0.15, 0.2) is 6.23 Å². The van der Waals surface area contributed by atoms with Crippen LogP contribution in [0.1, 0.15) is 32.1 Å². The Labute approximate surface area is 186 Å². The van der Waals surface area contributed by atoms with E-state index in [0.29, 0.717) is 18.4 Å². The summed E-state index contributed by atoms with van der Waals surface area (Å²) in [6, 6.07) is 0.0120. The van der Waals surface area contributed by atoms with Crippen LogP contribution in [0.4, 0.5) is 10.7 Å². The molecule has 1 amide bonds. The number of aromatic amines is 1. The third-order valence-electron chi connectivity index (χ3n) is 6.96. The fourth-order valence-electron chi connectivity index (χ4n) is 4.94. The first-order valence-electron chi connectivity index (χ1n) is 11.3.